The number of aromatic nitrogens is 4. The van der Waals surface area contributed by atoms with E-state index in [2.05, 4.69) is 25.7 Å². The molecule has 0 aliphatic carbocycles. The van der Waals surface area contributed by atoms with Crippen molar-refractivity contribution in [3.8, 4) is 17.3 Å². The number of rotatable bonds is 6. The maximum atomic E-state index is 12.2. The van der Waals surface area contributed by atoms with E-state index in [1.807, 2.05) is 19.2 Å². The highest BCUT2D eigenvalue weighted by atomic mass is 16.7. The van der Waals surface area contributed by atoms with E-state index in [4.69, 9.17) is 9.47 Å². The van der Waals surface area contributed by atoms with Crippen molar-refractivity contribution in [2.75, 3.05) is 25.2 Å². The van der Waals surface area contributed by atoms with Crippen molar-refractivity contribution in [2.45, 2.75) is 6.92 Å². The number of carbonyl (C=O) groups excluding carboxylic acids is 1. The maximum absolute atomic E-state index is 12.2. The van der Waals surface area contributed by atoms with Gasteiger partial charge in [0.1, 0.15) is 12.1 Å². The highest BCUT2D eigenvalue weighted by molar-refractivity contribution is 5.94. The largest absolute Gasteiger partial charge is 0.454 e. The minimum atomic E-state index is -0.175. The van der Waals surface area contributed by atoms with Crippen LogP contribution >= 0.6 is 0 Å². The molecule has 0 spiro atoms. The lowest BCUT2D eigenvalue weighted by atomic mass is 10.2. The second kappa shape index (κ2) is 7.32. The molecule has 0 saturated carbocycles. The Kier molecular flexibility index (Phi) is 4.56. The van der Waals surface area contributed by atoms with Gasteiger partial charge >= 0.3 is 0 Å². The van der Waals surface area contributed by atoms with Crippen molar-refractivity contribution in [3.05, 3.63) is 54.1 Å². The second-order valence-electron chi connectivity index (χ2n) is 5.91. The summed E-state index contributed by atoms with van der Waals surface area (Å²) in [4.78, 5) is 20.6. The Morgan fingerprint density at radius 2 is 2.04 bits per heavy atom. The van der Waals surface area contributed by atoms with Crippen LogP contribution in [0.1, 0.15) is 16.1 Å². The van der Waals surface area contributed by atoms with Gasteiger partial charge < -0.3 is 20.1 Å². The molecule has 2 N–H and O–H groups in total. The number of hydrogen-bond acceptors (Lipinski definition) is 7. The number of nitrogens with one attached hydrogen (secondary N) is 2. The van der Waals surface area contributed by atoms with Gasteiger partial charge in [-0.2, -0.15) is 5.10 Å². The normalized spacial score (nSPS) is 12.0. The van der Waals surface area contributed by atoms with E-state index < -0.39 is 0 Å². The molecule has 0 saturated heterocycles. The first kappa shape index (κ1) is 16.8. The van der Waals surface area contributed by atoms with Crippen LogP contribution in [0.5, 0.6) is 11.5 Å². The zero-order valence-corrected chi connectivity index (χ0v) is 14.7. The van der Waals surface area contributed by atoms with E-state index in [1.165, 1.54) is 6.33 Å². The number of benzene rings is 1. The predicted octanol–water partition coefficient (Wildman–Crippen LogP) is 1.54. The van der Waals surface area contributed by atoms with Crippen LogP contribution in [-0.4, -0.2) is 45.5 Å². The molecule has 9 heteroatoms. The third-order valence-electron chi connectivity index (χ3n) is 3.96. The first-order valence-corrected chi connectivity index (χ1v) is 8.45. The number of amides is 1. The van der Waals surface area contributed by atoms with Gasteiger partial charge in [0.25, 0.3) is 5.91 Å². The summed E-state index contributed by atoms with van der Waals surface area (Å²) in [5.74, 6) is 2.39. The highest BCUT2D eigenvalue weighted by Gasteiger charge is 2.15. The number of ether oxygens (including phenoxy) is 2. The summed E-state index contributed by atoms with van der Waals surface area (Å²) in [7, 11) is 0. The van der Waals surface area contributed by atoms with Crippen molar-refractivity contribution in [1.82, 2.24) is 25.1 Å². The summed E-state index contributed by atoms with van der Waals surface area (Å²) >= 11 is 0. The van der Waals surface area contributed by atoms with Crippen LogP contribution in [-0.2, 0) is 0 Å². The van der Waals surface area contributed by atoms with Gasteiger partial charge in [0, 0.05) is 30.9 Å². The van der Waals surface area contributed by atoms with Crippen LogP contribution in [0.4, 0.5) is 5.82 Å². The Bertz CT molecular complexity index is 971. The Morgan fingerprint density at radius 3 is 2.89 bits per heavy atom. The number of carbonyl (C=O) groups is 1. The molecule has 3 aromatic rings. The summed E-state index contributed by atoms with van der Waals surface area (Å²) in [5.41, 5.74) is 1.44. The van der Waals surface area contributed by atoms with Gasteiger partial charge in [-0.1, -0.05) is 0 Å². The van der Waals surface area contributed by atoms with Gasteiger partial charge in [-0.15, -0.1) is 0 Å². The number of aryl methyl sites for hydroxylation is 1. The molecule has 4 rings (SSSR count). The molecule has 0 radical (unpaired) electrons. The Balaban J connectivity index is 1.29. The fourth-order valence-electron chi connectivity index (χ4n) is 2.62. The Labute approximate surface area is 155 Å². The first-order chi connectivity index (χ1) is 13.2. The standard InChI is InChI=1S/C18H18N6O3/c1-12-4-7-24(23-12)17-9-16(21-10-22-17)19-5-6-20-18(25)13-2-3-14-15(8-13)27-11-26-14/h2-4,7-10H,5-6,11H2,1H3,(H,20,25)(H,19,21,22). The lowest BCUT2D eigenvalue weighted by Crippen LogP contribution is -2.28. The van der Waals surface area contributed by atoms with Gasteiger partial charge in [-0.25, -0.2) is 14.6 Å². The number of hydrogen-bond donors (Lipinski definition) is 2. The van der Waals surface area contributed by atoms with Gasteiger partial charge in [-0.05, 0) is 31.2 Å². The fourth-order valence-corrected chi connectivity index (χ4v) is 2.62. The molecule has 0 unspecified atom stereocenters. The quantitative estimate of drug-likeness (QED) is 0.638. The van der Waals surface area contributed by atoms with Crippen molar-refractivity contribution in [1.29, 1.82) is 0 Å². The van der Waals surface area contributed by atoms with E-state index in [1.54, 1.807) is 28.9 Å². The molecule has 9 nitrogen and oxygen atoms in total. The molecular formula is C18H18N6O3. The zero-order valence-electron chi connectivity index (χ0n) is 14.7. The van der Waals surface area contributed by atoms with Crippen molar-refractivity contribution < 1.29 is 14.3 Å². The number of fused-ring (bicyclic) bond motifs is 1. The van der Waals surface area contributed by atoms with E-state index >= 15 is 0 Å². The zero-order chi connectivity index (χ0) is 18.6. The Morgan fingerprint density at radius 1 is 1.15 bits per heavy atom. The predicted molar refractivity (Wildman–Crippen MR) is 97.3 cm³/mol. The molecule has 3 heterocycles. The molecule has 0 fully saturated rings. The van der Waals surface area contributed by atoms with Gasteiger partial charge in [0.05, 0.1) is 5.69 Å². The lowest BCUT2D eigenvalue weighted by molar-refractivity contribution is 0.0954. The summed E-state index contributed by atoms with van der Waals surface area (Å²) in [6.45, 7) is 3.06. The molecule has 1 aromatic carbocycles. The second-order valence-corrected chi connectivity index (χ2v) is 5.91. The SMILES string of the molecule is Cc1ccn(-c2cc(NCCNC(=O)c3ccc4c(c3)OCO4)ncn2)n1. The van der Waals surface area contributed by atoms with Gasteiger partial charge in [0.15, 0.2) is 17.3 Å². The van der Waals surface area contributed by atoms with E-state index in [0.717, 1.165) is 5.69 Å². The topological polar surface area (TPSA) is 103 Å². The average Bonchev–Trinajstić information content (AvgIpc) is 3.33. The molecular weight excluding hydrogens is 348 g/mol. The minimum Gasteiger partial charge on any atom is -0.454 e. The van der Waals surface area contributed by atoms with Crippen LogP contribution in [0.3, 0.4) is 0 Å². The monoisotopic (exact) mass is 366 g/mol. The minimum absolute atomic E-state index is 0.175. The average molecular weight is 366 g/mol. The van der Waals surface area contributed by atoms with Crippen LogP contribution < -0.4 is 20.1 Å². The Hall–Kier alpha value is -3.62. The summed E-state index contributed by atoms with van der Waals surface area (Å²) < 4.78 is 12.2. The van der Waals surface area contributed by atoms with Crippen LogP contribution in [0.15, 0.2) is 42.9 Å². The molecule has 0 atom stereocenters. The van der Waals surface area contributed by atoms with Crippen molar-refractivity contribution in [2.24, 2.45) is 0 Å². The van der Waals surface area contributed by atoms with E-state index in [9.17, 15) is 4.79 Å². The third kappa shape index (κ3) is 3.81. The van der Waals surface area contributed by atoms with E-state index in [-0.39, 0.29) is 12.7 Å². The maximum Gasteiger partial charge on any atom is 0.251 e. The number of nitrogens with zero attached hydrogens (tertiary/aromatic N) is 4. The molecule has 1 aliphatic rings. The summed E-state index contributed by atoms with van der Waals surface area (Å²) in [6, 6.07) is 8.81. The fraction of sp³-hybridized carbons (Fsp3) is 0.222. The van der Waals surface area contributed by atoms with Crippen molar-refractivity contribution in [3.63, 3.8) is 0 Å². The molecule has 2 aromatic heterocycles. The molecule has 1 amide bonds. The van der Waals surface area contributed by atoms with Crippen LogP contribution in [0.25, 0.3) is 5.82 Å². The highest BCUT2D eigenvalue weighted by Crippen LogP contribution is 2.32. The molecule has 1 aliphatic heterocycles. The molecule has 138 valence electrons. The smallest absolute Gasteiger partial charge is 0.251 e. The third-order valence-corrected chi connectivity index (χ3v) is 3.96. The van der Waals surface area contributed by atoms with Crippen LogP contribution in [0.2, 0.25) is 0 Å². The lowest BCUT2D eigenvalue weighted by Gasteiger charge is -2.09. The van der Waals surface area contributed by atoms with Crippen molar-refractivity contribution >= 4 is 11.7 Å². The summed E-state index contributed by atoms with van der Waals surface area (Å²) in [5, 5.41) is 10.3. The summed E-state index contributed by atoms with van der Waals surface area (Å²) in [6.07, 6.45) is 3.31. The van der Waals surface area contributed by atoms with Crippen LogP contribution in [0, 0.1) is 6.92 Å². The number of anilines is 1. The molecule has 27 heavy (non-hydrogen) atoms. The first-order valence-electron chi connectivity index (χ1n) is 8.45. The molecule has 0 bridgehead atoms. The van der Waals surface area contributed by atoms with Gasteiger partial charge in [-0.3, -0.25) is 4.79 Å². The van der Waals surface area contributed by atoms with Gasteiger partial charge in [0.2, 0.25) is 6.79 Å². The van der Waals surface area contributed by atoms with E-state index in [0.29, 0.717) is 41.8 Å².